The van der Waals surface area contributed by atoms with Crippen molar-refractivity contribution < 1.29 is 27.2 Å². The van der Waals surface area contributed by atoms with Crippen molar-refractivity contribution in [2.75, 3.05) is 31.6 Å². The van der Waals surface area contributed by atoms with Crippen molar-refractivity contribution >= 4 is 21.6 Å². The van der Waals surface area contributed by atoms with Gasteiger partial charge in [-0.3, -0.25) is 4.79 Å². The predicted octanol–water partition coefficient (Wildman–Crippen LogP) is 3.28. The molecule has 0 aliphatic carbocycles. The molecule has 2 aliphatic heterocycles. The highest BCUT2D eigenvalue weighted by Gasteiger charge is 2.35. The zero-order valence-electron chi connectivity index (χ0n) is 19.1. The minimum absolute atomic E-state index is 0.0754. The van der Waals surface area contributed by atoms with Crippen molar-refractivity contribution in [3.8, 4) is 5.75 Å². The van der Waals surface area contributed by atoms with Crippen LogP contribution in [0.1, 0.15) is 43.6 Å². The lowest BCUT2D eigenvalue weighted by Crippen LogP contribution is -2.41. The van der Waals surface area contributed by atoms with Gasteiger partial charge in [0, 0.05) is 25.6 Å². The molecule has 1 unspecified atom stereocenters. The number of nitrogens with one attached hydrogen (secondary N) is 1. The van der Waals surface area contributed by atoms with E-state index in [1.54, 1.807) is 13.8 Å². The standard InChI is InChI=1S/C23H31N3O6S/c1-16-22(17(2)32-25-16)33(28,29)26-12-10-18(11-13-26)23(27)24-20-8-3-4-9-21(20)31-15-19-7-5-6-14-30-19/h3-4,8-9,18-19H,5-7,10-15H2,1-2H3,(H,24,27). The highest BCUT2D eigenvalue weighted by atomic mass is 32.2. The maximum atomic E-state index is 13.0. The first-order chi connectivity index (χ1) is 15.9. The number of para-hydroxylation sites is 2. The third kappa shape index (κ3) is 5.39. The summed E-state index contributed by atoms with van der Waals surface area (Å²) in [7, 11) is -3.70. The predicted molar refractivity (Wildman–Crippen MR) is 122 cm³/mol. The van der Waals surface area contributed by atoms with Crippen LogP contribution in [0.25, 0.3) is 0 Å². The summed E-state index contributed by atoms with van der Waals surface area (Å²) in [6.07, 6.45) is 4.15. The van der Waals surface area contributed by atoms with Gasteiger partial charge in [-0.1, -0.05) is 17.3 Å². The van der Waals surface area contributed by atoms with E-state index in [9.17, 15) is 13.2 Å². The number of hydrogen-bond donors (Lipinski definition) is 1. The monoisotopic (exact) mass is 477 g/mol. The van der Waals surface area contributed by atoms with Crippen LogP contribution in [0.3, 0.4) is 0 Å². The summed E-state index contributed by atoms with van der Waals surface area (Å²) in [6, 6.07) is 7.35. The second-order valence-corrected chi connectivity index (χ2v) is 10.5. The molecule has 2 aliphatic rings. The smallest absolute Gasteiger partial charge is 0.248 e. The van der Waals surface area contributed by atoms with Gasteiger partial charge in [-0.25, -0.2) is 8.42 Å². The molecule has 0 bridgehead atoms. The second kappa shape index (κ2) is 10.2. The lowest BCUT2D eigenvalue weighted by molar-refractivity contribution is -0.120. The van der Waals surface area contributed by atoms with Gasteiger partial charge in [-0.05, 0) is 58.1 Å². The van der Waals surface area contributed by atoms with Gasteiger partial charge in [0.2, 0.25) is 15.9 Å². The third-order valence-corrected chi connectivity index (χ3v) is 8.38. The highest BCUT2D eigenvalue weighted by Crippen LogP contribution is 2.30. The van der Waals surface area contributed by atoms with Crippen LogP contribution in [0, 0.1) is 19.8 Å². The molecule has 180 valence electrons. The molecular formula is C23H31N3O6S. The highest BCUT2D eigenvalue weighted by molar-refractivity contribution is 7.89. The number of carbonyl (C=O) groups is 1. The van der Waals surface area contributed by atoms with Crippen molar-refractivity contribution in [3.63, 3.8) is 0 Å². The van der Waals surface area contributed by atoms with E-state index in [0.29, 0.717) is 36.6 Å². The number of nitrogens with zero attached hydrogens (tertiary/aromatic N) is 2. The largest absolute Gasteiger partial charge is 0.489 e. The minimum atomic E-state index is -3.70. The minimum Gasteiger partial charge on any atom is -0.489 e. The molecule has 1 aromatic carbocycles. The SMILES string of the molecule is Cc1noc(C)c1S(=O)(=O)N1CCC(C(=O)Nc2ccccc2OCC2CCCCO2)CC1. The molecule has 1 N–H and O–H groups in total. The summed E-state index contributed by atoms with van der Waals surface area (Å²) in [4.78, 5) is 13.1. The van der Waals surface area contributed by atoms with Gasteiger partial charge in [-0.2, -0.15) is 4.31 Å². The van der Waals surface area contributed by atoms with Crippen LogP contribution in [-0.2, 0) is 19.6 Å². The average molecular weight is 478 g/mol. The quantitative estimate of drug-likeness (QED) is 0.651. The number of piperidine rings is 1. The molecule has 0 spiro atoms. The number of sulfonamides is 1. The molecule has 3 heterocycles. The van der Waals surface area contributed by atoms with Crippen LogP contribution in [0.5, 0.6) is 5.75 Å². The zero-order valence-corrected chi connectivity index (χ0v) is 19.9. The first-order valence-corrected chi connectivity index (χ1v) is 12.9. The van der Waals surface area contributed by atoms with Crippen molar-refractivity contribution in [2.24, 2.45) is 5.92 Å². The molecule has 9 nitrogen and oxygen atoms in total. The summed E-state index contributed by atoms with van der Waals surface area (Å²) >= 11 is 0. The van der Waals surface area contributed by atoms with Crippen molar-refractivity contribution in [2.45, 2.75) is 57.0 Å². The van der Waals surface area contributed by atoms with Gasteiger partial charge in [-0.15, -0.1) is 0 Å². The maximum Gasteiger partial charge on any atom is 0.248 e. The van der Waals surface area contributed by atoms with Gasteiger partial charge in [0.05, 0.1) is 11.8 Å². The fourth-order valence-electron chi connectivity index (χ4n) is 4.38. The van der Waals surface area contributed by atoms with Crippen LogP contribution in [-0.4, -0.2) is 56.2 Å². The molecule has 0 saturated carbocycles. The number of carbonyl (C=O) groups excluding carboxylic acids is 1. The normalized spacial score (nSPS) is 20.5. The van der Waals surface area contributed by atoms with E-state index in [4.69, 9.17) is 14.0 Å². The molecule has 2 fully saturated rings. The third-order valence-electron chi connectivity index (χ3n) is 6.23. The maximum absolute atomic E-state index is 13.0. The number of aryl methyl sites for hydroxylation is 2. The van der Waals surface area contributed by atoms with Crippen LogP contribution >= 0.6 is 0 Å². The van der Waals surface area contributed by atoms with E-state index in [0.717, 1.165) is 25.9 Å². The van der Waals surface area contributed by atoms with Gasteiger partial charge >= 0.3 is 0 Å². The Morgan fingerprint density at radius 2 is 1.94 bits per heavy atom. The first-order valence-electron chi connectivity index (χ1n) is 11.4. The Kier molecular flexibility index (Phi) is 7.35. The summed E-state index contributed by atoms with van der Waals surface area (Å²) in [5, 5.41) is 6.73. The van der Waals surface area contributed by atoms with Gasteiger partial charge in [0.15, 0.2) is 5.76 Å². The molecule has 33 heavy (non-hydrogen) atoms. The molecular weight excluding hydrogens is 446 g/mol. The summed E-state index contributed by atoms with van der Waals surface area (Å²) in [5.74, 6) is 0.478. The molecule has 1 atom stereocenters. The zero-order chi connectivity index (χ0) is 23.4. The average Bonchev–Trinajstić information content (AvgIpc) is 3.17. The molecule has 1 amide bonds. The fraction of sp³-hybridized carbons (Fsp3) is 0.565. The van der Waals surface area contributed by atoms with Crippen LogP contribution < -0.4 is 10.1 Å². The summed E-state index contributed by atoms with van der Waals surface area (Å²) in [5.41, 5.74) is 0.965. The lowest BCUT2D eigenvalue weighted by atomic mass is 9.97. The Morgan fingerprint density at radius 3 is 2.61 bits per heavy atom. The van der Waals surface area contributed by atoms with Gasteiger partial charge in [0.25, 0.3) is 0 Å². The Bertz CT molecular complexity index is 1050. The van der Waals surface area contributed by atoms with Crippen LogP contribution in [0.4, 0.5) is 5.69 Å². The van der Waals surface area contributed by atoms with Crippen LogP contribution in [0.15, 0.2) is 33.7 Å². The number of anilines is 1. The topological polar surface area (TPSA) is 111 Å². The Morgan fingerprint density at radius 1 is 1.18 bits per heavy atom. The molecule has 2 saturated heterocycles. The van der Waals surface area contributed by atoms with Gasteiger partial charge < -0.3 is 19.3 Å². The molecule has 10 heteroatoms. The Balaban J connectivity index is 1.34. The lowest BCUT2D eigenvalue weighted by Gasteiger charge is -2.30. The van der Waals surface area contributed by atoms with Gasteiger partial charge in [0.1, 0.15) is 22.9 Å². The van der Waals surface area contributed by atoms with Crippen molar-refractivity contribution in [1.29, 1.82) is 0 Å². The second-order valence-electron chi connectivity index (χ2n) is 8.62. The molecule has 4 rings (SSSR count). The first kappa shape index (κ1) is 23.7. The van der Waals surface area contributed by atoms with E-state index in [-0.39, 0.29) is 41.7 Å². The van der Waals surface area contributed by atoms with E-state index in [1.165, 1.54) is 4.31 Å². The summed E-state index contributed by atoms with van der Waals surface area (Å²) < 4.78 is 44.1. The van der Waals surface area contributed by atoms with E-state index < -0.39 is 10.0 Å². The van der Waals surface area contributed by atoms with E-state index in [1.807, 2.05) is 24.3 Å². The number of rotatable bonds is 7. The number of benzene rings is 1. The fourth-order valence-corrected chi connectivity index (χ4v) is 6.14. The van der Waals surface area contributed by atoms with E-state index >= 15 is 0 Å². The van der Waals surface area contributed by atoms with E-state index in [2.05, 4.69) is 10.5 Å². The molecule has 2 aromatic rings. The molecule has 0 radical (unpaired) electrons. The number of ether oxygens (including phenoxy) is 2. The van der Waals surface area contributed by atoms with Crippen LogP contribution in [0.2, 0.25) is 0 Å². The number of aromatic nitrogens is 1. The molecule has 1 aromatic heterocycles. The Hall–Kier alpha value is -2.43. The number of hydrogen-bond acceptors (Lipinski definition) is 7. The number of amides is 1. The summed E-state index contributed by atoms with van der Waals surface area (Å²) in [6.45, 7) is 4.95. The Labute approximate surface area is 194 Å². The van der Waals surface area contributed by atoms with Crippen molar-refractivity contribution in [1.82, 2.24) is 9.46 Å². The van der Waals surface area contributed by atoms with Crippen molar-refractivity contribution in [3.05, 3.63) is 35.7 Å².